The minimum absolute atomic E-state index is 0.00754. The zero-order valence-electron chi connectivity index (χ0n) is 12.7. The Morgan fingerprint density at radius 1 is 1.30 bits per heavy atom. The second-order valence-corrected chi connectivity index (χ2v) is 6.15. The molecule has 1 rings (SSSR count). The summed E-state index contributed by atoms with van der Waals surface area (Å²) in [6, 6.07) is 0. The number of rotatable bonds is 3. The Morgan fingerprint density at radius 3 is 2.30 bits per heavy atom. The molecule has 116 valence electrons. The minimum atomic E-state index is -0.705. The summed E-state index contributed by atoms with van der Waals surface area (Å²) in [6.45, 7) is 6.57. The van der Waals surface area contributed by atoms with Crippen molar-refractivity contribution >= 4 is 12.1 Å². The van der Waals surface area contributed by atoms with Crippen molar-refractivity contribution in [1.29, 1.82) is 0 Å². The van der Waals surface area contributed by atoms with Crippen molar-refractivity contribution in [2.45, 2.75) is 51.7 Å². The number of aliphatic hydroxyl groups is 1. The van der Waals surface area contributed by atoms with E-state index in [0.29, 0.717) is 25.9 Å². The lowest BCUT2D eigenvalue weighted by molar-refractivity contribution is -0.143. The number of nitrogens with zero attached hydrogens (tertiary/aromatic N) is 1. The summed E-state index contributed by atoms with van der Waals surface area (Å²) in [6.07, 6.45) is 0.309. The third-order valence-electron chi connectivity index (χ3n) is 3.34. The van der Waals surface area contributed by atoms with Crippen LogP contribution in [0.1, 0.15) is 40.0 Å². The molecule has 1 saturated heterocycles. The fraction of sp³-hybridized carbons (Fsp3) is 0.857. The van der Waals surface area contributed by atoms with Crippen LogP contribution in [0, 0.1) is 5.92 Å². The summed E-state index contributed by atoms with van der Waals surface area (Å²) in [4.78, 5) is 24.7. The summed E-state index contributed by atoms with van der Waals surface area (Å²) in [5.41, 5.74) is -0.502. The Bertz CT molecular complexity index is 342. The van der Waals surface area contributed by atoms with Crippen molar-refractivity contribution in [2.24, 2.45) is 5.92 Å². The highest BCUT2D eigenvalue weighted by atomic mass is 16.6. The van der Waals surface area contributed by atoms with E-state index >= 15 is 0 Å². The molecular formula is C14H25NO5. The number of carbonyl (C=O) groups is 2. The van der Waals surface area contributed by atoms with Gasteiger partial charge in [0, 0.05) is 13.1 Å². The van der Waals surface area contributed by atoms with E-state index in [1.165, 1.54) is 7.11 Å². The van der Waals surface area contributed by atoms with E-state index in [1.807, 2.05) is 20.8 Å². The molecule has 0 aliphatic carbocycles. The first-order valence-corrected chi connectivity index (χ1v) is 6.95. The molecule has 0 aromatic carbocycles. The minimum Gasteiger partial charge on any atom is -0.469 e. The van der Waals surface area contributed by atoms with Crippen molar-refractivity contribution in [3.05, 3.63) is 0 Å². The molecule has 1 heterocycles. The van der Waals surface area contributed by atoms with Gasteiger partial charge in [-0.25, -0.2) is 4.79 Å². The Hall–Kier alpha value is -1.30. The summed E-state index contributed by atoms with van der Waals surface area (Å²) in [5.74, 6) is -0.389. The summed E-state index contributed by atoms with van der Waals surface area (Å²) >= 11 is 0. The van der Waals surface area contributed by atoms with Gasteiger partial charge in [-0.3, -0.25) is 4.79 Å². The lowest BCUT2D eigenvalue weighted by Crippen LogP contribution is -2.43. The lowest BCUT2D eigenvalue weighted by atomic mass is 9.90. The van der Waals surface area contributed by atoms with Crippen LogP contribution in [-0.4, -0.2) is 54.0 Å². The van der Waals surface area contributed by atoms with Crippen molar-refractivity contribution in [3.8, 4) is 0 Å². The van der Waals surface area contributed by atoms with Gasteiger partial charge in [-0.1, -0.05) is 0 Å². The maximum absolute atomic E-state index is 11.9. The van der Waals surface area contributed by atoms with Gasteiger partial charge in [0.2, 0.25) is 0 Å². The van der Waals surface area contributed by atoms with E-state index in [2.05, 4.69) is 4.74 Å². The van der Waals surface area contributed by atoms with Gasteiger partial charge in [0.05, 0.1) is 19.6 Å². The number of aliphatic hydroxyl groups excluding tert-OH is 1. The Labute approximate surface area is 120 Å². The van der Waals surface area contributed by atoms with Crippen LogP contribution in [0.2, 0.25) is 0 Å². The third-order valence-corrected chi connectivity index (χ3v) is 3.34. The number of hydrogen-bond acceptors (Lipinski definition) is 5. The van der Waals surface area contributed by atoms with E-state index in [9.17, 15) is 14.7 Å². The normalized spacial score (nSPS) is 18.6. The quantitative estimate of drug-likeness (QED) is 0.797. The van der Waals surface area contributed by atoms with Crippen LogP contribution >= 0.6 is 0 Å². The molecule has 1 aliphatic heterocycles. The van der Waals surface area contributed by atoms with Gasteiger partial charge < -0.3 is 19.5 Å². The maximum Gasteiger partial charge on any atom is 0.410 e. The fourth-order valence-corrected chi connectivity index (χ4v) is 2.21. The molecular weight excluding hydrogens is 262 g/mol. The second kappa shape index (κ2) is 6.92. The number of carbonyl (C=O) groups excluding carboxylic acids is 2. The van der Waals surface area contributed by atoms with Crippen LogP contribution in [0.3, 0.4) is 0 Å². The molecule has 1 fully saturated rings. The molecule has 20 heavy (non-hydrogen) atoms. The van der Waals surface area contributed by atoms with Crippen LogP contribution in [0.4, 0.5) is 4.79 Å². The molecule has 1 aliphatic rings. The molecule has 6 nitrogen and oxygen atoms in total. The number of likely N-dealkylation sites (tertiary alicyclic amines) is 1. The SMILES string of the molecule is COC(=O)C[C@@H](O)C1CCN(C(=O)OC(C)(C)C)CC1. The van der Waals surface area contributed by atoms with Gasteiger partial charge in [0.15, 0.2) is 0 Å². The molecule has 0 unspecified atom stereocenters. The zero-order valence-corrected chi connectivity index (χ0v) is 12.7. The van der Waals surface area contributed by atoms with Crippen LogP contribution in [-0.2, 0) is 14.3 Å². The number of piperidine rings is 1. The number of ether oxygens (including phenoxy) is 2. The van der Waals surface area contributed by atoms with E-state index in [4.69, 9.17) is 4.74 Å². The predicted octanol–water partition coefficient (Wildman–Crippen LogP) is 1.56. The first-order chi connectivity index (χ1) is 9.23. The lowest BCUT2D eigenvalue weighted by Gasteiger charge is -2.34. The van der Waals surface area contributed by atoms with E-state index in [0.717, 1.165) is 0 Å². The highest BCUT2D eigenvalue weighted by Crippen LogP contribution is 2.24. The van der Waals surface area contributed by atoms with E-state index in [1.54, 1.807) is 4.90 Å². The molecule has 0 radical (unpaired) electrons. The van der Waals surface area contributed by atoms with Gasteiger partial charge in [0.1, 0.15) is 5.60 Å². The molecule has 1 atom stereocenters. The first-order valence-electron chi connectivity index (χ1n) is 6.95. The first kappa shape index (κ1) is 16.8. The van der Waals surface area contributed by atoms with Crippen molar-refractivity contribution in [1.82, 2.24) is 4.90 Å². The number of hydrogen-bond donors (Lipinski definition) is 1. The molecule has 1 N–H and O–H groups in total. The van der Waals surface area contributed by atoms with Crippen LogP contribution in [0.5, 0.6) is 0 Å². The predicted molar refractivity (Wildman–Crippen MR) is 73.2 cm³/mol. The molecule has 0 bridgehead atoms. The number of esters is 1. The zero-order chi connectivity index (χ0) is 15.3. The summed E-state index contributed by atoms with van der Waals surface area (Å²) in [7, 11) is 1.31. The molecule has 0 aromatic heterocycles. The Balaban J connectivity index is 2.39. The van der Waals surface area contributed by atoms with Crippen molar-refractivity contribution in [2.75, 3.05) is 20.2 Å². The molecule has 0 aromatic rings. The molecule has 0 saturated carbocycles. The highest BCUT2D eigenvalue weighted by molar-refractivity contribution is 5.70. The van der Waals surface area contributed by atoms with Gasteiger partial charge in [-0.2, -0.15) is 0 Å². The van der Waals surface area contributed by atoms with Gasteiger partial charge >= 0.3 is 12.1 Å². The Morgan fingerprint density at radius 2 is 1.85 bits per heavy atom. The molecule has 6 heteroatoms. The van der Waals surface area contributed by atoms with E-state index in [-0.39, 0.29) is 18.4 Å². The van der Waals surface area contributed by atoms with Crippen LogP contribution in [0.15, 0.2) is 0 Å². The third kappa shape index (κ3) is 5.36. The van der Waals surface area contributed by atoms with Gasteiger partial charge in [-0.05, 0) is 39.5 Å². The Kier molecular flexibility index (Phi) is 5.80. The van der Waals surface area contributed by atoms with Gasteiger partial charge in [-0.15, -0.1) is 0 Å². The average molecular weight is 287 g/mol. The standard InChI is InChI=1S/C14H25NO5/c1-14(2,3)20-13(18)15-7-5-10(6-8-15)11(16)9-12(17)19-4/h10-11,16H,5-9H2,1-4H3/t11-/m1/s1. The number of amides is 1. The second-order valence-electron chi connectivity index (χ2n) is 6.15. The monoisotopic (exact) mass is 287 g/mol. The van der Waals surface area contributed by atoms with Crippen LogP contribution < -0.4 is 0 Å². The number of methoxy groups -OCH3 is 1. The maximum atomic E-state index is 11.9. The fourth-order valence-electron chi connectivity index (χ4n) is 2.21. The largest absolute Gasteiger partial charge is 0.469 e. The summed E-state index contributed by atoms with van der Waals surface area (Å²) in [5, 5.41) is 9.95. The molecule has 0 spiro atoms. The molecule has 1 amide bonds. The van der Waals surface area contributed by atoms with E-state index < -0.39 is 17.7 Å². The topological polar surface area (TPSA) is 76.1 Å². The smallest absolute Gasteiger partial charge is 0.410 e. The summed E-state index contributed by atoms with van der Waals surface area (Å²) < 4.78 is 9.85. The average Bonchev–Trinajstić information content (AvgIpc) is 2.36. The van der Waals surface area contributed by atoms with Gasteiger partial charge in [0.25, 0.3) is 0 Å². The van der Waals surface area contributed by atoms with Crippen molar-refractivity contribution < 1.29 is 24.2 Å². The van der Waals surface area contributed by atoms with Crippen molar-refractivity contribution in [3.63, 3.8) is 0 Å². The van der Waals surface area contributed by atoms with Crippen LogP contribution in [0.25, 0.3) is 0 Å². The highest BCUT2D eigenvalue weighted by Gasteiger charge is 2.30.